The molecule has 114 valence electrons. The minimum atomic E-state index is 0.244. The van der Waals surface area contributed by atoms with Crippen molar-refractivity contribution in [2.45, 2.75) is 62.8 Å². The van der Waals surface area contributed by atoms with Gasteiger partial charge in [-0.1, -0.05) is 12.8 Å². The molecule has 2 aliphatic heterocycles. The lowest BCUT2D eigenvalue weighted by atomic mass is 9.92. The average Bonchev–Trinajstić information content (AvgIpc) is 3.09. The van der Waals surface area contributed by atoms with Crippen LogP contribution in [-0.2, 0) is 4.79 Å². The number of nitrogens with one attached hydrogen (secondary N) is 3. The van der Waals surface area contributed by atoms with Crippen LogP contribution in [0.2, 0.25) is 0 Å². The van der Waals surface area contributed by atoms with Crippen LogP contribution in [-0.4, -0.2) is 54.5 Å². The van der Waals surface area contributed by atoms with Gasteiger partial charge in [0.15, 0.2) is 0 Å². The molecule has 0 aromatic rings. The molecule has 5 nitrogen and oxygen atoms in total. The van der Waals surface area contributed by atoms with Crippen LogP contribution in [0.15, 0.2) is 0 Å². The maximum Gasteiger partial charge on any atom is 0.236 e. The Morgan fingerprint density at radius 1 is 1.15 bits per heavy atom. The summed E-state index contributed by atoms with van der Waals surface area (Å²) in [5.74, 6) is 0.244. The maximum absolute atomic E-state index is 12.3. The minimum absolute atomic E-state index is 0.244. The van der Waals surface area contributed by atoms with Crippen molar-refractivity contribution in [3.63, 3.8) is 0 Å². The van der Waals surface area contributed by atoms with Gasteiger partial charge in [-0.05, 0) is 25.7 Å². The summed E-state index contributed by atoms with van der Waals surface area (Å²) in [7, 11) is 2.60. The van der Waals surface area contributed by atoms with Gasteiger partial charge in [0.2, 0.25) is 5.91 Å². The summed E-state index contributed by atoms with van der Waals surface area (Å²) in [6, 6.07) is 1.58. The predicted molar refractivity (Wildman–Crippen MR) is 83.4 cm³/mol. The number of carbonyl (C=O) groups is 1. The third-order valence-corrected chi connectivity index (χ3v) is 5.27. The van der Waals surface area contributed by atoms with Gasteiger partial charge in [0, 0.05) is 24.9 Å². The fourth-order valence-electron chi connectivity index (χ4n) is 3.99. The van der Waals surface area contributed by atoms with Gasteiger partial charge in [0.25, 0.3) is 0 Å². The van der Waals surface area contributed by atoms with E-state index in [1.807, 2.05) is 0 Å². The lowest BCUT2D eigenvalue weighted by Gasteiger charge is -2.30. The molecule has 3 aliphatic rings. The summed E-state index contributed by atoms with van der Waals surface area (Å²) in [6.45, 7) is 1.37. The number of carbonyl (C=O) groups excluding carboxylic acids is 1. The molecule has 2 saturated heterocycles. The fourth-order valence-corrected chi connectivity index (χ4v) is 4.14. The Kier molecular flexibility index (Phi) is 4.92. The Labute approximate surface area is 123 Å². The zero-order chi connectivity index (χ0) is 13.9. The summed E-state index contributed by atoms with van der Waals surface area (Å²) in [5.41, 5.74) is 0. The van der Waals surface area contributed by atoms with E-state index in [0.29, 0.717) is 30.8 Å². The van der Waals surface area contributed by atoms with Crippen molar-refractivity contribution in [3.05, 3.63) is 0 Å². The number of rotatable bonds is 4. The van der Waals surface area contributed by atoms with E-state index in [-0.39, 0.29) is 5.91 Å². The van der Waals surface area contributed by atoms with Crippen molar-refractivity contribution in [3.8, 4) is 0 Å². The molecule has 0 aromatic carbocycles. The topological polar surface area (TPSA) is 56.4 Å². The number of hydrogen-bond acceptors (Lipinski definition) is 4. The first-order valence-electron chi connectivity index (χ1n) is 8.02. The molecule has 3 fully saturated rings. The van der Waals surface area contributed by atoms with Crippen LogP contribution in [0.4, 0.5) is 0 Å². The van der Waals surface area contributed by atoms with Crippen molar-refractivity contribution in [1.29, 1.82) is 0 Å². The van der Waals surface area contributed by atoms with Crippen molar-refractivity contribution in [1.82, 2.24) is 20.9 Å². The molecular weight excluding hydrogens is 271 g/mol. The van der Waals surface area contributed by atoms with Gasteiger partial charge in [-0.2, -0.15) is 0 Å². The Hall–Kier alpha value is -0.220. The second-order valence-corrected chi connectivity index (χ2v) is 6.64. The van der Waals surface area contributed by atoms with Crippen LogP contribution in [0, 0.1) is 0 Å². The van der Waals surface area contributed by atoms with Gasteiger partial charge in [-0.15, -0.1) is 9.24 Å². The van der Waals surface area contributed by atoms with Crippen molar-refractivity contribution in [2.75, 3.05) is 19.4 Å². The lowest BCUT2D eigenvalue weighted by molar-refractivity contribution is -0.131. The number of hydrogen-bond donors (Lipinski definition) is 3. The molecule has 1 amide bonds. The SMILES string of the molecule is O=C(CNCP)N1CCC[C@H]1C1N[C@H]2CCCC[C@H]2N1. The fraction of sp³-hybridized carbons (Fsp3) is 0.929. The van der Waals surface area contributed by atoms with E-state index in [0.717, 1.165) is 25.7 Å². The third kappa shape index (κ3) is 3.01. The highest BCUT2D eigenvalue weighted by Crippen LogP contribution is 2.27. The molecule has 0 spiro atoms. The summed E-state index contributed by atoms with van der Waals surface area (Å²) < 4.78 is 0. The highest BCUT2D eigenvalue weighted by Gasteiger charge is 2.42. The number of amides is 1. The highest BCUT2D eigenvalue weighted by atomic mass is 31.0. The molecule has 5 atom stereocenters. The second kappa shape index (κ2) is 6.69. The van der Waals surface area contributed by atoms with E-state index >= 15 is 0 Å². The molecule has 2 heterocycles. The average molecular weight is 298 g/mol. The van der Waals surface area contributed by atoms with Crippen molar-refractivity contribution < 1.29 is 4.79 Å². The van der Waals surface area contributed by atoms with E-state index in [4.69, 9.17) is 0 Å². The molecule has 2 unspecified atom stereocenters. The smallest absolute Gasteiger partial charge is 0.236 e. The van der Waals surface area contributed by atoms with Gasteiger partial charge in [-0.25, -0.2) is 0 Å². The standard InChI is InChI=1S/C14H27N4OP/c19-13(8-15-9-20)18-7-3-6-12(18)14-16-10-4-1-2-5-11(10)17-14/h10-12,14-17H,1-9,20H2/t10-,11+,12-,14?/m0/s1. The normalized spacial score (nSPS) is 37.1. The molecule has 1 saturated carbocycles. The largest absolute Gasteiger partial charge is 0.336 e. The molecule has 0 bridgehead atoms. The summed E-state index contributed by atoms with van der Waals surface area (Å²) >= 11 is 0. The minimum Gasteiger partial charge on any atom is -0.336 e. The Balaban J connectivity index is 1.59. The van der Waals surface area contributed by atoms with Gasteiger partial charge >= 0.3 is 0 Å². The van der Waals surface area contributed by atoms with E-state index < -0.39 is 0 Å². The van der Waals surface area contributed by atoms with Crippen LogP contribution < -0.4 is 16.0 Å². The van der Waals surface area contributed by atoms with Gasteiger partial charge < -0.3 is 10.2 Å². The Bertz CT molecular complexity index is 340. The first-order chi connectivity index (χ1) is 9.79. The zero-order valence-electron chi connectivity index (χ0n) is 12.1. The highest BCUT2D eigenvalue weighted by molar-refractivity contribution is 7.16. The monoisotopic (exact) mass is 298 g/mol. The Morgan fingerprint density at radius 3 is 2.50 bits per heavy atom. The van der Waals surface area contributed by atoms with E-state index in [1.165, 1.54) is 25.7 Å². The molecule has 6 heteroatoms. The van der Waals surface area contributed by atoms with Gasteiger partial charge in [0.05, 0.1) is 18.8 Å². The lowest BCUT2D eigenvalue weighted by Crippen LogP contribution is -2.53. The predicted octanol–water partition coefficient (Wildman–Crippen LogP) is 0.230. The quantitative estimate of drug-likeness (QED) is 0.650. The van der Waals surface area contributed by atoms with Crippen LogP contribution >= 0.6 is 9.24 Å². The zero-order valence-corrected chi connectivity index (χ0v) is 13.3. The maximum atomic E-state index is 12.3. The van der Waals surface area contributed by atoms with Gasteiger partial charge in [-0.3, -0.25) is 15.4 Å². The second-order valence-electron chi connectivity index (χ2n) is 6.24. The molecule has 0 radical (unpaired) electrons. The Morgan fingerprint density at radius 2 is 1.85 bits per heavy atom. The molecule has 1 aliphatic carbocycles. The first kappa shape index (κ1) is 14.7. The van der Waals surface area contributed by atoms with Crippen LogP contribution in [0.3, 0.4) is 0 Å². The van der Waals surface area contributed by atoms with Gasteiger partial charge in [0.1, 0.15) is 0 Å². The number of nitrogens with zero attached hydrogens (tertiary/aromatic N) is 1. The van der Waals surface area contributed by atoms with Crippen LogP contribution in [0.5, 0.6) is 0 Å². The summed E-state index contributed by atoms with van der Waals surface area (Å²) in [6.07, 6.45) is 8.57. The first-order valence-corrected chi connectivity index (χ1v) is 8.83. The molecule has 3 rings (SSSR count). The molecule has 20 heavy (non-hydrogen) atoms. The van der Waals surface area contributed by atoms with Crippen LogP contribution in [0.1, 0.15) is 38.5 Å². The van der Waals surface area contributed by atoms with Crippen molar-refractivity contribution >= 4 is 15.1 Å². The molecular formula is C14H27N4OP. The third-order valence-electron chi connectivity index (χ3n) is 4.98. The summed E-state index contributed by atoms with van der Waals surface area (Å²) in [5, 5.41) is 10.6. The van der Waals surface area contributed by atoms with E-state index in [1.54, 1.807) is 0 Å². The summed E-state index contributed by atoms with van der Waals surface area (Å²) in [4.78, 5) is 14.4. The molecule has 3 N–H and O–H groups in total. The van der Waals surface area contributed by atoms with E-state index in [9.17, 15) is 4.79 Å². The number of likely N-dealkylation sites (tertiary alicyclic amines) is 1. The number of fused-ring (bicyclic) bond motifs is 1. The molecule has 0 aromatic heterocycles. The van der Waals surface area contributed by atoms with Crippen LogP contribution in [0.25, 0.3) is 0 Å². The van der Waals surface area contributed by atoms with Crippen molar-refractivity contribution in [2.24, 2.45) is 0 Å². The van der Waals surface area contributed by atoms with E-state index in [2.05, 4.69) is 30.1 Å².